The molecule has 0 unspecified atom stereocenters. The quantitative estimate of drug-likeness (QED) is 0.874. The molecule has 0 bridgehead atoms. The fourth-order valence-corrected chi connectivity index (χ4v) is 2.47. The van der Waals surface area contributed by atoms with E-state index in [-0.39, 0.29) is 5.91 Å². The van der Waals surface area contributed by atoms with Crippen molar-refractivity contribution in [1.29, 1.82) is 0 Å². The largest absolute Gasteiger partial charge is 0.354 e. The van der Waals surface area contributed by atoms with Crippen LogP contribution in [0.5, 0.6) is 0 Å². The molecule has 2 rings (SSSR count). The molecule has 1 aromatic carbocycles. The van der Waals surface area contributed by atoms with Gasteiger partial charge < -0.3 is 11.1 Å². The Morgan fingerprint density at radius 2 is 2.16 bits per heavy atom. The third-order valence-electron chi connectivity index (χ3n) is 2.67. The van der Waals surface area contributed by atoms with Crippen LogP contribution in [-0.4, -0.2) is 23.5 Å². The molecule has 19 heavy (non-hydrogen) atoms. The minimum Gasteiger partial charge on any atom is -0.354 e. The Bertz CT molecular complexity index is 537. The molecular formula is C14H17N3OS. The normalized spacial score (nSPS) is 12.1. The van der Waals surface area contributed by atoms with Crippen molar-refractivity contribution >= 4 is 17.2 Å². The highest BCUT2D eigenvalue weighted by atomic mass is 32.1. The van der Waals surface area contributed by atoms with Gasteiger partial charge in [-0.25, -0.2) is 4.98 Å². The van der Waals surface area contributed by atoms with Gasteiger partial charge in [0, 0.05) is 23.9 Å². The van der Waals surface area contributed by atoms with Gasteiger partial charge in [-0.3, -0.25) is 4.79 Å². The Kier molecular flexibility index (Phi) is 4.65. The molecule has 2 aromatic rings. The number of hydrogen-bond donors (Lipinski definition) is 2. The molecule has 0 fully saturated rings. The summed E-state index contributed by atoms with van der Waals surface area (Å²) in [5, 5.41) is 5.82. The number of amides is 1. The molecule has 4 nitrogen and oxygen atoms in total. The minimum absolute atomic E-state index is 0.126. The van der Waals surface area contributed by atoms with E-state index in [0.717, 1.165) is 22.7 Å². The molecule has 0 spiro atoms. The standard InChI is InChI=1S/C14H17N3OS/c1-10(15)13(18)16-8-7-12-9-19-14(17-12)11-5-3-2-4-6-11/h2-6,9-10H,7-8,15H2,1H3,(H,16,18)/t10-/m0/s1. The van der Waals surface area contributed by atoms with Crippen LogP contribution >= 0.6 is 11.3 Å². The van der Waals surface area contributed by atoms with Crippen LogP contribution in [0.25, 0.3) is 10.6 Å². The summed E-state index contributed by atoms with van der Waals surface area (Å²) in [6.45, 7) is 2.24. The Balaban J connectivity index is 1.90. The van der Waals surface area contributed by atoms with Crippen LogP contribution in [0.4, 0.5) is 0 Å². The summed E-state index contributed by atoms with van der Waals surface area (Å²) in [4.78, 5) is 15.9. The first-order valence-electron chi connectivity index (χ1n) is 6.20. The second kappa shape index (κ2) is 6.45. The highest BCUT2D eigenvalue weighted by Gasteiger charge is 2.07. The van der Waals surface area contributed by atoms with Crippen LogP contribution in [0.15, 0.2) is 35.7 Å². The first kappa shape index (κ1) is 13.7. The lowest BCUT2D eigenvalue weighted by molar-refractivity contribution is -0.121. The number of rotatable bonds is 5. The molecular weight excluding hydrogens is 258 g/mol. The van der Waals surface area contributed by atoms with Crippen LogP contribution in [0.3, 0.4) is 0 Å². The molecule has 1 atom stereocenters. The Hall–Kier alpha value is -1.72. The van der Waals surface area contributed by atoms with Gasteiger partial charge in [0.2, 0.25) is 5.91 Å². The van der Waals surface area contributed by atoms with E-state index in [0.29, 0.717) is 6.54 Å². The maximum absolute atomic E-state index is 11.3. The predicted molar refractivity (Wildman–Crippen MR) is 77.9 cm³/mol. The summed E-state index contributed by atoms with van der Waals surface area (Å²) in [5.41, 5.74) is 7.59. The molecule has 0 saturated heterocycles. The van der Waals surface area contributed by atoms with Crippen molar-refractivity contribution in [3.05, 3.63) is 41.4 Å². The van der Waals surface area contributed by atoms with Crippen LogP contribution in [0, 0.1) is 0 Å². The van der Waals surface area contributed by atoms with E-state index in [1.807, 2.05) is 35.7 Å². The number of nitrogens with one attached hydrogen (secondary N) is 1. The van der Waals surface area contributed by atoms with Crippen molar-refractivity contribution in [3.8, 4) is 10.6 Å². The molecule has 0 aliphatic carbocycles. The van der Waals surface area contributed by atoms with Gasteiger partial charge in [0.1, 0.15) is 5.01 Å². The molecule has 5 heteroatoms. The third-order valence-corrected chi connectivity index (χ3v) is 3.61. The number of thiazole rings is 1. The summed E-state index contributed by atoms with van der Waals surface area (Å²) in [5.74, 6) is -0.126. The second-order valence-corrected chi connectivity index (χ2v) is 5.20. The number of benzene rings is 1. The van der Waals surface area contributed by atoms with Crippen molar-refractivity contribution in [2.24, 2.45) is 5.73 Å². The highest BCUT2D eigenvalue weighted by molar-refractivity contribution is 7.13. The van der Waals surface area contributed by atoms with E-state index in [9.17, 15) is 4.79 Å². The Morgan fingerprint density at radius 1 is 1.42 bits per heavy atom. The van der Waals surface area contributed by atoms with Crippen molar-refractivity contribution < 1.29 is 4.79 Å². The fraction of sp³-hybridized carbons (Fsp3) is 0.286. The van der Waals surface area contributed by atoms with Gasteiger partial charge in [-0.15, -0.1) is 11.3 Å². The summed E-state index contributed by atoms with van der Waals surface area (Å²) in [6, 6.07) is 9.61. The van der Waals surface area contributed by atoms with E-state index in [1.165, 1.54) is 0 Å². The molecule has 1 heterocycles. The molecule has 1 aromatic heterocycles. The van der Waals surface area contributed by atoms with Gasteiger partial charge in [0.15, 0.2) is 0 Å². The van der Waals surface area contributed by atoms with E-state index in [1.54, 1.807) is 18.3 Å². The highest BCUT2D eigenvalue weighted by Crippen LogP contribution is 2.23. The van der Waals surface area contributed by atoms with Gasteiger partial charge in [0.05, 0.1) is 11.7 Å². The number of hydrogen-bond acceptors (Lipinski definition) is 4. The molecule has 0 saturated carbocycles. The lowest BCUT2D eigenvalue weighted by Gasteiger charge is -2.05. The van der Waals surface area contributed by atoms with E-state index in [4.69, 9.17) is 5.73 Å². The van der Waals surface area contributed by atoms with Gasteiger partial charge in [0.25, 0.3) is 0 Å². The number of aromatic nitrogens is 1. The zero-order valence-electron chi connectivity index (χ0n) is 10.8. The smallest absolute Gasteiger partial charge is 0.236 e. The molecule has 3 N–H and O–H groups in total. The number of nitrogens with zero attached hydrogens (tertiary/aromatic N) is 1. The van der Waals surface area contributed by atoms with Gasteiger partial charge in [-0.05, 0) is 6.92 Å². The average Bonchev–Trinajstić information content (AvgIpc) is 2.88. The van der Waals surface area contributed by atoms with Gasteiger partial charge in [-0.2, -0.15) is 0 Å². The van der Waals surface area contributed by atoms with E-state index in [2.05, 4.69) is 10.3 Å². The van der Waals surface area contributed by atoms with Crippen LogP contribution in [0.2, 0.25) is 0 Å². The molecule has 1 amide bonds. The third kappa shape index (κ3) is 3.87. The van der Waals surface area contributed by atoms with Crippen molar-refractivity contribution in [2.45, 2.75) is 19.4 Å². The van der Waals surface area contributed by atoms with Crippen LogP contribution in [0.1, 0.15) is 12.6 Å². The first-order chi connectivity index (χ1) is 9.16. The topological polar surface area (TPSA) is 68.0 Å². The maximum atomic E-state index is 11.3. The summed E-state index contributed by atoms with van der Waals surface area (Å²) in [6.07, 6.45) is 0.724. The number of carbonyl (C=O) groups excluding carboxylic acids is 1. The summed E-state index contributed by atoms with van der Waals surface area (Å²) in [7, 11) is 0. The first-order valence-corrected chi connectivity index (χ1v) is 7.08. The lowest BCUT2D eigenvalue weighted by atomic mass is 10.2. The zero-order valence-corrected chi connectivity index (χ0v) is 11.6. The average molecular weight is 275 g/mol. The fourth-order valence-electron chi connectivity index (χ4n) is 1.61. The second-order valence-electron chi connectivity index (χ2n) is 4.34. The van der Waals surface area contributed by atoms with Crippen LogP contribution < -0.4 is 11.1 Å². The van der Waals surface area contributed by atoms with Gasteiger partial charge >= 0.3 is 0 Å². The number of nitrogens with two attached hydrogens (primary N) is 1. The summed E-state index contributed by atoms with van der Waals surface area (Å²) < 4.78 is 0. The van der Waals surface area contributed by atoms with Crippen molar-refractivity contribution in [1.82, 2.24) is 10.3 Å². The van der Waals surface area contributed by atoms with E-state index >= 15 is 0 Å². The maximum Gasteiger partial charge on any atom is 0.236 e. The summed E-state index contributed by atoms with van der Waals surface area (Å²) >= 11 is 1.62. The van der Waals surface area contributed by atoms with Crippen LogP contribution in [-0.2, 0) is 11.2 Å². The van der Waals surface area contributed by atoms with Crippen molar-refractivity contribution in [3.63, 3.8) is 0 Å². The number of carbonyl (C=O) groups is 1. The van der Waals surface area contributed by atoms with Gasteiger partial charge in [-0.1, -0.05) is 30.3 Å². The minimum atomic E-state index is -0.463. The Labute approximate surface area is 116 Å². The Morgan fingerprint density at radius 3 is 2.84 bits per heavy atom. The monoisotopic (exact) mass is 275 g/mol. The zero-order chi connectivity index (χ0) is 13.7. The lowest BCUT2D eigenvalue weighted by Crippen LogP contribution is -2.39. The molecule has 0 aliphatic heterocycles. The predicted octanol–water partition coefficient (Wildman–Crippen LogP) is 1.82. The van der Waals surface area contributed by atoms with E-state index < -0.39 is 6.04 Å². The SMILES string of the molecule is C[C@H](N)C(=O)NCCc1csc(-c2ccccc2)n1. The molecule has 0 radical (unpaired) electrons. The van der Waals surface area contributed by atoms with Crippen molar-refractivity contribution in [2.75, 3.05) is 6.54 Å². The molecule has 100 valence electrons. The molecule has 0 aliphatic rings.